The Bertz CT molecular complexity index is 386. The molecule has 0 aliphatic carbocycles. The molecule has 1 aromatic rings. The fraction of sp³-hybridized carbons (Fsp3) is 0.500. The highest BCUT2D eigenvalue weighted by Gasteiger charge is 2.14. The maximum Gasteiger partial charge on any atom is 0.171 e. The van der Waals surface area contributed by atoms with Crippen molar-refractivity contribution in [2.75, 3.05) is 11.9 Å². The monoisotopic (exact) mass is 236 g/mol. The van der Waals surface area contributed by atoms with Crippen LogP contribution in [0.15, 0.2) is 23.5 Å². The third-order valence-corrected chi connectivity index (χ3v) is 3.09. The first-order chi connectivity index (χ1) is 7.97. The van der Waals surface area contributed by atoms with Gasteiger partial charge in [0.05, 0.1) is 0 Å². The average Bonchev–Trinajstić information content (AvgIpc) is 2.36. The molecule has 0 aromatic carbocycles. The first-order valence-corrected chi connectivity index (χ1v) is 5.64. The lowest BCUT2D eigenvalue weighted by molar-refractivity contribution is 0.318. The van der Waals surface area contributed by atoms with Crippen LogP contribution in [0.2, 0.25) is 0 Å². The number of hydrogen-bond acceptors (Lipinski definition) is 4. The summed E-state index contributed by atoms with van der Waals surface area (Å²) in [5.74, 6) is 1.50. The minimum Gasteiger partial charge on any atom is -0.409 e. The zero-order chi connectivity index (χ0) is 13.0. The highest BCUT2D eigenvalue weighted by atomic mass is 16.4. The molecule has 1 atom stereocenters. The molecule has 0 aliphatic rings. The molecule has 0 fully saturated rings. The Kier molecular flexibility index (Phi) is 4.31. The van der Waals surface area contributed by atoms with E-state index in [2.05, 4.69) is 35.8 Å². The number of amidine groups is 1. The van der Waals surface area contributed by atoms with Crippen molar-refractivity contribution in [1.82, 2.24) is 4.98 Å². The lowest BCUT2D eigenvalue weighted by Crippen LogP contribution is -2.33. The second kappa shape index (κ2) is 5.52. The lowest BCUT2D eigenvalue weighted by Gasteiger charge is -2.28. The van der Waals surface area contributed by atoms with Gasteiger partial charge in [0, 0.05) is 24.8 Å². The van der Waals surface area contributed by atoms with Gasteiger partial charge in [-0.05, 0) is 25.0 Å². The van der Waals surface area contributed by atoms with Gasteiger partial charge < -0.3 is 15.8 Å². The zero-order valence-electron chi connectivity index (χ0n) is 10.8. The minimum atomic E-state index is 0.0728. The first-order valence-electron chi connectivity index (χ1n) is 5.64. The van der Waals surface area contributed by atoms with Crippen LogP contribution in [-0.2, 0) is 0 Å². The quantitative estimate of drug-likeness (QED) is 0.361. The smallest absolute Gasteiger partial charge is 0.171 e. The number of anilines is 1. The number of hydrogen-bond donors (Lipinski definition) is 2. The van der Waals surface area contributed by atoms with Crippen LogP contribution >= 0.6 is 0 Å². The second-order valence-electron chi connectivity index (χ2n) is 4.49. The fourth-order valence-electron chi connectivity index (χ4n) is 1.46. The summed E-state index contributed by atoms with van der Waals surface area (Å²) >= 11 is 0. The molecule has 5 nitrogen and oxygen atoms in total. The van der Waals surface area contributed by atoms with Crippen molar-refractivity contribution >= 4 is 11.7 Å². The minimum absolute atomic E-state index is 0.0728. The van der Waals surface area contributed by atoms with Gasteiger partial charge in [-0.25, -0.2) is 4.98 Å². The zero-order valence-corrected chi connectivity index (χ0v) is 10.8. The predicted molar refractivity (Wildman–Crippen MR) is 69.5 cm³/mol. The van der Waals surface area contributed by atoms with Crippen LogP contribution in [0.1, 0.15) is 26.3 Å². The Morgan fingerprint density at radius 1 is 1.41 bits per heavy atom. The third-order valence-electron chi connectivity index (χ3n) is 3.09. The molecule has 17 heavy (non-hydrogen) atoms. The van der Waals surface area contributed by atoms with Crippen molar-refractivity contribution in [3.63, 3.8) is 0 Å². The number of nitrogens with two attached hydrogens (primary N) is 1. The van der Waals surface area contributed by atoms with Crippen LogP contribution in [0.5, 0.6) is 0 Å². The maximum atomic E-state index is 8.55. The third kappa shape index (κ3) is 3.09. The second-order valence-corrected chi connectivity index (χ2v) is 4.49. The van der Waals surface area contributed by atoms with E-state index in [1.165, 1.54) is 0 Å². The van der Waals surface area contributed by atoms with E-state index in [1.807, 2.05) is 13.1 Å². The number of oxime groups is 1. The molecule has 0 spiro atoms. The highest BCUT2D eigenvalue weighted by molar-refractivity contribution is 5.96. The van der Waals surface area contributed by atoms with Crippen molar-refractivity contribution in [1.29, 1.82) is 0 Å². The van der Waals surface area contributed by atoms with Gasteiger partial charge >= 0.3 is 0 Å². The molecule has 1 aromatic heterocycles. The molecule has 0 bridgehead atoms. The number of pyridine rings is 1. The van der Waals surface area contributed by atoms with Crippen LogP contribution in [0.25, 0.3) is 0 Å². The van der Waals surface area contributed by atoms with E-state index in [1.54, 1.807) is 12.3 Å². The Hall–Kier alpha value is -1.78. The summed E-state index contributed by atoms with van der Waals surface area (Å²) in [5.41, 5.74) is 6.09. The Morgan fingerprint density at radius 2 is 2.06 bits per heavy atom. The van der Waals surface area contributed by atoms with Gasteiger partial charge in [-0.3, -0.25) is 0 Å². The highest BCUT2D eigenvalue weighted by Crippen LogP contribution is 2.16. The van der Waals surface area contributed by atoms with Crippen molar-refractivity contribution in [2.45, 2.75) is 26.8 Å². The van der Waals surface area contributed by atoms with Gasteiger partial charge in [0.25, 0.3) is 0 Å². The van der Waals surface area contributed by atoms with Crippen molar-refractivity contribution in [3.8, 4) is 0 Å². The SMILES string of the molecule is CC(C)C(C)N(C)c1ccc(/C(N)=N/O)cn1. The van der Waals surface area contributed by atoms with Crippen LogP contribution in [0.3, 0.4) is 0 Å². The van der Waals surface area contributed by atoms with E-state index in [4.69, 9.17) is 10.9 Å². The molecule has 1 rings (SSSR count). The molecule has 0 amide bonds. The molecular weight excluding hydrogens is 216 g/mol. The molecule has 0 saturated heterocycles. The van der Waals surface area contributed by atoms with Crippen LogP contribution < -0.4 is 10.6 Å². The fourth-order valence-corrected chi connectivity index (χ4v) is 1.46. The van der Waals surface area contributed by atoms with Crippen molar-refractivity contribution in [2.24, 2.45) is 16.8 Å². The van der Waals surface area contributed by atoms with Gasteiger partial charge in [0.1, 0.15) is 5.82 Å². The van der Waals surface area contributed by atoms with Gasteiger partial charge in [-0.2, -0.15) is 0 Å². The molecule has 0 radical (unpaired) electrons. The Morgan fingerprint density at radius 3 is 2.47 bits per heavy atom. The van der Waals surface area contributed by atoms with Crippen molar-refractivity contribution in [3.05, 3.63) is 23.9 Å². The number of aromatic nitrogens is 1. The van der Waals surface area contributed by atoms with Gasteiger partial charge in [0.15, 0.2) is 5.84 Å². The topological polar surface area (TPSA) is 74.7 Å². The average molecular weight is 236 g/mol. The summed E-state index contributed by atoms with van der Waals surface area (Å²) in [7, 11) is 2.01. The van der Waals surface area contributed by atoms with Crippen molar-refractivity contribution < 1.29 is 5.21 Å². The molecule has 0 aliphatic heterocycles. The summed E-state index contributed by atoms with van der Waals surface area (Å²) in [4.78, 5) is 6.42. The Balaban J connectivity index is 2.88. The molecule has 0 saturated carbocycles. The largest absolute Gasteiger partial charge is 0.409 e. The summed E-state index contributed by atoms with van der Waals surface area (Å²) in [5, 5.41) is 11.5. The van der Waals surface area contributed by atoms with Crippen LogP contribution in [0.4, 0.5) is 5.82 Å². The van der Waals surface area contributed by atoms with E-state index >= 15 is 0 Å². The predicted octanol–water partition coefficient (Wildman–Crippen LogP) is 1.66. The van der Waals surface area contributed by atoms with E-state index in [9.17, 15) is 0 Å². The molecule has 1 heterocycles. The number of rotatable bonds is 4. The molecular formula is C12H20N4O. The normalized spacial score (nSPS) is 13.8. The van der Waals surface area contributed by atoms with E-state index in [0.717, 1.165) is 5.82 Å². The maximum absolute atomic E-state index is 8.55. The lowest BCUT2D eigenvalue weighted by atomic mass is 10.1. The van der Waals surface area contributed by atoms with Gasteiger partial charge in [0.2, 0.25) is 0 Å². The van der Waals surface area contributed by atoms with Gasteiger partial charge in [-0.1, -0.05) is 19.0 Å². The van der Waals surface area contributed by atoms with E-state index in [0.29, 0.717) is 17.5 Å². The molecule has 3 N–H and O–H groups in total. The molecule has 1 unspecified atom stereocenters. The first kappa shape index (κ1) is 13.3. The summed E-state index contributed by atoms with van der Waals surface area (Å²) in [6.07, 6.45) is 1.61. The van der Waals surface area contributed by atoms with E-state index < -0.39 is 0 Å². The Labute approximate surface area is 102 Å². The van der Waals surface area contributed by atoms with Crippen LogP contribution in [0, 0.1) is 5.92 Å². The van der Waals surface area contributed by atoms with E-state index in [-0.39, 0.29) is 5.84 Å². The van der Waals surface area contributed by atoms with Gasteiger partial charge in [-0.15, -0.1) is 0 Å². The summed E-state index contributed by atoms with van der Waals surface area (Å²) in [6, 6.07) is 4.06. The summed E-state index contributed by atoms with van der Waals surface area (Å²) in [6.45, 7) is 6.50. The standard InChI is InChI=1S/C12H20N4O/c1-8(2)9(3)16(4)11-6-5-10(7-14-11)12(13)15-17/h5-9,17H,1-4H3,(H2,13,15). The summed E-state index contributed by atoms with van der Waals surface area (Å²) < 4.78 is 0. The molecule has 5 heteroatoms. The molecule has 94 valence electrons. The van der Waals surface area contributed by atoms with Crippen LogP contribution in [-0.4, -0.2) is 29.1 Å². The number of nitrogens with zero attached hydrogens (tertiary/aromatic N) is 3.